The Kier molecular flexibility index (Phi) is 6.49. The van der Waals surface area contributed by atoms with Crippen LogP contribution in [0.1, 0.15) is 71.9 Å². The Labute approximate surface area is 166 Å². The highest BCUT2D eigenvalue weighted by atomic mass is 16.2. The van der Waals surface area contributed by atoms with Gasteiger partial charge in [-0.15, -0.1) is 0 Å². The second-order valence-corrected chi connectivity index (χ2v) is 7.42. The van der Waals surface area contributed by atoms with Gasteiger partial charge in [-0.05, 0) is 49.8 Å². The number of hydrogen-bond donors (Lipinski definition) is 1. The van der Waals surface area contributed by atoms with Crippen LogP contribution >= 0.6 is 0 Å². The minimum Gasteiger partial charge on any atom is -0.339 e. The van der Waals surface area contributed by atoms with Gasteiger partial charge in [0.1, 0.15) is 0 Å². The first-order chi connectivity index (χ1) is 13.5. The first-order valence-electron chi connectivity index (χ1n) is 10.3. The lowest BCUT2D eigenvalue weighted by Crippen LogP contribution is -2.31. The summed E-state index contributed by atoms with van der Waals surface area (Å²) >= 11 is 0. The van der Waals surface area contributed by atoms with Crippen LogP contribution in [-0.4, -0.2) is 39.9 Å². The van der Waals surface area contributed by atoms with E-state index in [1.54, 1.807) is 11.9 Å². The van der Waals surface area contributed by atoms with Gasteiger partial charge in [0.2, 0.25) is 0 Å². The van der Waals surface area contributed by atoms with Crippen molar-refractivity contribution in [2.24, 2.45) is 0 Å². The molecule has 0 atom stereocenters. The Balaban J connectivity index is 1.85. The third-order valence-corrected chi connectivity index (χ3v) is 5.34. The van der Waals surface area contributed by atoms with E-state index in [-0.39, 0.29) is 11.8 Å². The number of aryl methyl sites for hydroxylation is 1. The summed E-state index contributed by atoms with van der Waals surface area (Å²) in [7, 11) is 1.80. The fourth-order valence-electron chi connectivity index (χ4n) is 3.57. The number of carbonyl (C=O) groups excluding carboxylic acids is 2. The molecule has 2 heterocycles. The van der Waals surface area contributed by atoms with Crippen LogP contribution in [-0.2, 0) is 19.4 Å². The minimum atomic E-state index is -0.245. The number of carbonyl (C=O) groups is 2. The van der Waals surface area contributed by atoms with Crippen molar-refractivity contribution >= 4 is 17.5 Å². The van der Waals surface area contributed by atoms with Gasteiger partial charge in [-0.1, -0.05) is 32.4 Å². The van der Waals surface area contributed by atoms with Gasteiger partial charge < -0.3 is 14.8 Å². The molecular formula is C22H30N4O2. The van der Waals surface area contributed by atoms with Gasteiger partial charge in [0.25, 0.3) is 11.8 Å². The van der Waals surface area contributed by atoms with E-state index in [0.717, 1.165) is 56.5 Å². The molecule has 28 heavy (non-hydrogen) atoms. The third kappa shape index (κ3) is 4.26. The summed E-state index contributed by atoms with van der Waals surface area (Å²) in [5, 5.41) is 2.94. The number of imidazole rings is 1. The highest BCUT2D eigenvalue weighted by molar-refractivity contribution is 6.05. The highest BCUT2D eigenvalue weighted by Gasteiger charge is 2.28. The van der Waals surface area contributed by atoms with Gasteiger partial charge in [-0.2, -0.15) is 0 Å². The summed E-state index contributed by atoms with van der Waals surface area (Å²) in [6.45, 7) is 5.64. The molecule has 0 radical (unpaired) electrons. The zero-order valence-corrected chi connectivity index (χ0v) is 17.1. The van der Waals surface area contributed by atoms with Crippen LogP contribution in [0.3, 0.4) is 0 Å². The molecule has 0 spiro atoms. The summed E-state index contributed by atoms with van der Waals surface area (Å²) in [5.41, 5.74) is 3.22. The Morgan fingerprint density at radius 1 is 1.18 bits per heavy atom. The number of nitrogens with one attached hydrogen (secondary N) is 1. The zero-order valence-electron chi connectivity index (χ0n) is 17.1. The maximum atomic E-state index is 12.9. The molecule has 0 saturated carbocycles. The van der Waals surface area contributed by atoms with Gasteiger partial charge in [0.05, 0.1) is 5.69 Å². The summed E-state index contributed by atoms with van der Waals surface area (Å²) in [5.74, 6) is 0.0351. The monoisotopic (exact) mass is 382 g/mol. The fraction of sp³-hybridized carbons (Fsp3) is 0.500. The molecule has 1 aromatic carbocycles. The molecule has 1 aliphatic rings. The number of benzene rings is 1. The smallest absolute Gasteiger partial charge is 0.289 e. The van der Waals surface area contributed by atoms with Crippen LogP contribution in [0.4, 0.5) is 5.69 Å². The van der Waals surface area contributed by atoms with Crippen molar-refractivity contribution in [3.8, 4) is 0 Å². The van der Waals surface area contributed by atoms with Crippen molar-refractivity contribution in [1.82, 2.24) is 14.5 Å². The van der Waals surface area contributed by atoms with E-state index in [1.807, 2.05) is 28.8 Å². The molecule has 0 bridgehead atoms. The van der Waals surface area contributed by atoms with Gasteiger partial charge in [-0.3, -0.25) is 9.59 Å². The average molecular weight is 383 g/mol. The number of fused-ring (bicyclic) bond motifs is 1. The second-order valence-electron chi connectivity index (χ2n) is 7.42. The molecule has 0 unspecified atom stereocenters. The first-order valence-corrected chi connectivity index (χ1v) is 10.3. The number of hydrogen-bond acceptors (Lipinski definition) is 3. The quantitative estimate of drug-likeness (QED) is 0.789. The normalized spacial score (nSPS) is 13.1. The Hall–Kier alpha value is -2.63. The second kappa shape index (κ2) is 9.04. The molecule has 0 aliphatic carbocycles. The third-order valence-electron chi connectivity index (χ3n) is 5.34. The lowest BCUT2D eigenvalue weighted by atomic mass is 10.1. The molecule has 2 aromatic rings. The van der Waals surface area contributed by atoms with E-state index in [1.165, 1.54) is 5.56 Å². The lowest BCUT2D eigenvalue weighted by molar-refractivity contribution is 0.0775. The predicted octanol–water partition coefficient (Wildman–Crippen LogP) is 3.91. The molecule has 1 N–H and O–H groups in total. The molecule has 1 aliphatic heterocycles. The van der Waals surface area contributed by atoms with Crippen LogP contribution in [0.15, 0.2) is 24.3 Å². The van der Waals surface area contributed by atoms with Crippen LogP contribution in [0.5, 0.6) is 0 Å². The molecule has 150 valence electrons. The van der Waals surface area contributed by atoms with Crippen molar-refractivity contribution < 1.29 is 9.59 Å². The maximum Gasteiger partial charge on any atom is 0.289 e. The molecule has 3 rings (SSSR count). The Morgan fingerprint density at radius 3 is 2.61 bits per heavy atom. The summed E-state index contributed by atoms with van der Waals surface area (Å²) in [6.07, 6.45) is 5.73. The van der Waals surface area contributed by atoms with Crippen molar-refractivity contribution in [3.63, 3.8) is 0 Å². The van der Waals surface area contributed by atoms with Crippen molar-refractivity contribution in [1.29, 1.82) is 0 Å². The Bertz CT molecular complexity index is 839. The van der Waals surface area contributed by atoms with E-state index >= 15 is 0 Å². The molecule has 0 saturated heterocycles. The van der Waals surface area contributed by atoms with Crippen molar-refractivity contribution in [2.75, 3.05) is 18.9 Å². The lowest BCUT2D eigenvalue weighted by Gasteiger charge is -2.20. The first kappa shape index (κ1) is 20.1. The number of rotatable bonds is 7. The average Bonchev–Trinajstić information content (AvgIpc) is 3.11. The van der Waals surface area contributed by atoms with Crippen molar-refractivity contribution in [2.45, 2.75) is 58.9 Å². The van der Waals surface area contributed by atoms with Crippen molar-refractivity contribution in [3.05, 3.63) is 47.0 Å². The van der Waals surface area contributed by atoms with E-state index in [2.05, 4.69) is 24.1 Å². The minimum absolute atomic E-state index is 0.108. The molecule has 6 nitrogen and oxygen atoms in total. The molecule has 6 heteroatoms. The number of aromatic nitrogens is 2. The maximum absolute atomic E-state index is 12.9. The van der Waals surface area contributed by atoms with Crippen LogP contribution in [0, 0.1) is 0 Å². The standard InChI is InChI=1S/C22H30N4O2/c1-4-6-14-25(3)22(28)20-24-19(18-9-7-8-15-26(18)20)21(27)23-17-12-10-16(5-2)11-13-17/h10-13H,4-9,14-15H2,1-3H3,(H,23,27). The van der Waals surface area contributed by atoms with E-state index < -0.39 is 0 Å². The zero-order chi connectivity index (χ0) is 20.1. The number of amides is 2. The number of nitrogens with zero attached hydrogens (tertiary/aromatic N) is 3. The highest BCUT2D eigenvalue weighted by Crippen LogP contribution is 2.23. The number of unbranched alkanes of at least 4 members (excludes halogenated alkanes) is 1. The molecular weight excluding hydrogens is 352 g/mol. The molecule has 0 fully saturated rings. The van der Waals surface area contributed by atoms with Gasteiger partial charge in [-0.25, -0.2) is 4.98 Å². The molecule has 1 aromatic heterocycles. The van der Waals surface area contributed by atoms with Crippen LogP contribution in [0.2, 0.25) is 0 Å². The van der Waals surface area contributed by atoms with Crippen LogP contribution < -0.4 is 5.32 Å². The predicted molar refractivity (Wildman–Crippen MR) is 111 cm³/mol. The number of anilines is 1. The summed E-state index contributed by atoms with van der Waals surface area (Å²) < 4.78 is 1.95. The van der Waals surface area contributed by atoms with E-state index in [9.17, 15) is 9.59 Å². The van der Waals surface area contributed by atoms with Gasteiger partial charge in [0.15, 0.2) is 11.5 Å². The molecule has 2 amide bonds. The summed E-state index contributed by atoms with van der Waals surface area (Å²) in [4.78, 5) is 32.0. The Morgan fingerprint density at radius 2 is 1.93 bits per heavy atom. The van der Waals surface area contributed by atoms with Gasteiger partial charge in [0, 0.05) is 25.8 Å². The topological polar surface area (TPSA) is 67.2 Å². The SMILES string of the molecule is CCCCN(C)C(=O)c1nc(C(=O)Nc2ccc(CC)cc2)c2n1CCCC2. The fourth-order valence-corrected chi connectivity index (χ4v) is 3.57. The largest absolute Gasteiger partial charge is 0.339 e. The van der Waals surface area contributed by atoms with E-state index in [4.69, 9.17) is 0 Å². The van der Waals surface area contributed by atoms with Crippen LogP contribution in [0.25, 0.3) is 0 Å². The van der Waals surface area contributed by atoms with Gasteiger partial charge >= 0.3 is 0 Å². The van der Waals surface area contributed by atoms with E-state index in [0.29, 0.717) is 18.1 Å². The summed E-state index contributed by atoms with van der Waals surface area (Å²) in [6, 6.07) is 7.83.